The monoisotopic (exact) mass is 358 g/mol. The van der Waals surface area contributed by atoms with Crippen LogP contribution in [0.1, 0.15) is 34.1 Å². The van der Waals surface area contributed by atoms with Crippen LogP contribution >= 0.6 is 0 Å². The molecule has 0 bridgehead atoms. The molecule has 0 aromatic rings. The van der Waals surface area contributed by atoms with Crippen LogP contribution in [-0.4, -0.2) is 41.6 Å². The Hall–Kier alpha value is -2.21. The second kappa shape index (κ2) is 5.39. The van der Waals surface area contributed by atoms with E-state index in [1.807, 2.05) is 20.8 Å². The lowest BCUT2D eigenvalue weighted by molar-refractivity contribution is -0.158. The van der Waals surface area contributed by atoms with Crippen molar-refractivity contribution in [2.75, 3.05) is 0 Å². The second-order valence-corrected chi connectivity index (χ2v) is 7.86. The van der Waals surface area contributed by atoms with Crippen molar-refractivity contribution in [1.29, 1.82) is 0 Å². The van der Waals surface area contributed by atoms with E-state index in [0.717, 1.165) is 11.1 Å². The van der Waals surface area contributed by atoms with E-state index in [1.165, 1.54) is 0 Å². The molecule has 2 fully saturated rings. The van der Waals surface area contributed by atoms with E-state index in [2.05, 4.69) is 6.58 Å². The molecule has 2 aliphatic heterocycles. The van der Waals surface area contributed by atoms with Gasteiger partial charge in [-0.1, -0.05) is 17.7 Å². The summed E-state index contributed by atoms with van der Waals surface area (Å²) < 4.78 is 16.7. The number of rotatable bonds is 2. The van der Waals surface area contributed by atoms with Crippen molar-refractivity contribution in [1.82, 2.24) is 0 Å². The van der Waals surface area contributed by atoms with E-state index in [-0.39, 0.29) is 17.8 Å². The molecule has 0 aromatic carbocycles. The zero-order valence-electron chi connectivity index (χ0n) is 15.3. The van der Waals surface area contributed by atoms with Gasteiger partial charge in [0.25, 0.3) is 0 Å². The molecule has 0 spiro atoms. The highest BCUT2D eigenvalue weighted by Crippen LogP contribution is 2.49. The van der Waals surface area contributed by atoms with Crippen LogP contribution in [0.4, 0.5) is 0 Å². The molecule has 0 aromatic heterocycles. The summed E-state index contributed by atoms with van der Waals surface area (Å²) in [7, 11) is 0. The lowest BCUT2D eigenvalue weighted by Gasteiger charge is -2.28. The molecule has 0 N–H and O–H groups in total. The van der Waals surface area contributed by atoms with Crippen molar-refractivity contribution in [3.63, 3.8) is 0 Å². The average molecular weight is 358 g/mol. The summed E-state index contributed by atoms with van der Waals surface area (Å²) >= 11 is 0. The predicted molar refractivity (Wildman–Crippen MR) is 90.9 cm³/mol. The smallest absolute Gasteiger partial charge is 0.341 e. The maximum absolute atomic E-state index is 12.6. The molecule has 138 valence electrons. The van der Waals surface area contributed by atoms with Gasteiger partial charge in [0.15, 0.2) is 11.4 Å². The molecule has 6 heteroatoms. The quantitative estimate of drug-likeness (QED) is 0.427. The van der Waals surface area contributed by atoms with Crippen LogP contribution in [0.2, 0.25) is 0 Å². The van der Waals surface area contributed by atoms with Crippen LogP contribution in [0.25, 0.3) is 0 Å². The zero-order chi connectivity index (χ0) is 19.0. The Kier molecular flexibility index (Phi) is 3.57. The number of hydrogen-bond donors (Lipinski definition) is 0. The third-order valence-corrected chi connectivity index (χ3v) is 6.19. The molecule has 0 radical (unpaired) electrons. The maximum Gasteiger partial charge on any atom is 0.341 e. The summed E-state index contributed by atoms with van der Waals surface area (Å²) in [4.78, 5) is 37.2. The molecule has 4 aliphatic rings. The molecule has 4 rings (SSSR count). The highest BCUT2D eigenvalue weighted by Gasteiger charge is 2.59. The van der Waals surface area contributed by atoms with Gasteiger partial charge in [-0.15, -0.1) is 0 Å². The Labute approximate surface area is 151 Å². The van der Waals surface area contributed by atoms with Crippen LogP contribution < -0.4 is 0 Å². The van der Waals surface area contributed by atoms with E-state index < -0.39 is 35.7 Å². The van der Waals surface area contributed by atoms with E-state index in [0.29, 0.717) is 17.6 Å². The van der Waals surface area contributed by atoms with E-state index in [9.17, 15) is 14.4 Å². The first-order valence-corrected chi connectivity index (χ1v) is 8.86. The van der Waals surface area contributed by atoms with Crippen LogP contribution in [0, 0.1) is 11.8 Å². The molecule has 26 heavy (non-hydrogen) atoms. The largest absolute Gasteiger partial charge is 0.459 e. The number of fused-ring (bicyclic) bond motifs is 3. The zero-order valence-corrected chi connectivity index (χ0v) is 15.3. The molecule has 6 nitrogen and oxygen atoms in total. The first-order chi connectivity index (χ1) is 12.1. The van der Waals surface area contributed by atoms with Crippen LogP contribution in [0.3, 0.4) is 0 Å². The molecule has 2 aliphatic carbocycles. The normalized spacial score (nSPS) is 41.3. The fourth-order valence-electron chi connectivity index (χ4n) is 4.43. The van der Waals surface area contributed by atoms with Gasteiger partial charge in [0.2, 0.25) is 0 Å². The molecular weight excluding hydrogens is 336 g/mol. The minimum Gasteiger partial charge on any atom is -0.459 e. The number of esters is 2. The molecule has 6 atom stereocenters. The molecule has 0 saturated carbocycles. The van der Waals surface area contributed by atoms with Gasteiger partial charge in [-0.25, -0.2) is 9.59 Å². The number of allylic oxidation sites excluding steroid dienone is 1. The van der Waals surface area contributed by atoms with Crippen molar-refractivity contribution < 1.29 is 28.6 Å². The van der Waals surface area contributed by atoms with E-state index >= 15 is 0 Å². The number of epoxide rings is 1. The Morgan fingerprint density at radius 1 is 1.35 bits per heavy atom. The van der Waals surface area contributed by atoms with Crippen LogP contribution in [0.15, 0.2) is 34.9 Å². The van der Waals surface area contributed by atoms with Gasteiger partial charge in [-0.3, -0.25) is 4.79 Å². The van der Waals surface area contributed by atoms with E-state index in [4.69, 9.17) is 14.2 Å². The minimum absolute atomic E-state index is 0.0598. The standard InChI is InChI=1S/C20H22O6/c1-8-6-12(21)14-9(2)7-13(24-19(23)20(5)11(4)26-20)16-10(3)18(22)25-17(16)15(8)14/h6,11,13,15-17H,3,7H2,1-2,4-5H3/t11-,13+,15-,16+,17+,20+/m0/s1. The van der Waals surface area contributed by atoms with Crippen LogP contribution in [-0.2, 0) is 28.6 Å². The summed E-state index contributed by atoms with van der Waals surface area (Å²) in [6, 6.07) is 0. The van der Waals surface area contributed by atoms with Crippen molar-refractivity contribution in [3.8, 4) is 0 Å². The van der Waals surface area contributed by atoms with Gasteiger partial charge in [-0.05, 0) is 33.8 Å². The molecule has 0 amide bonds. The molecular formula is C20H22O6. The maximum atomic E-state index is 12.6. The van der Waals surface area contributed by atoms with Crippen molar-refractivity contribution in [3.05, 3.63) is 34.9 Å². The summed E-state index contributed by atoms with van der Waals surface area (Å²) in [6.45, 7) is 11.1. The fraction of sp³-hybridized carbons (Fsp3) is 0.550. The topological polar surface area (TPSA) is 82.2 Å². The van der Waals surface area contributed by atoms with Gasteiger partial charge in [0.1, 0.15) is 12.2 Å². The average Bonchev–Trinajstić information content (AvgIpc) is 2.95. The Morgan fingerprint density at radius 3 is 2.62 bits per heavy atom. The van der Waals surface area contributed by atoms with Crippen molar-refractivity contribution in [2.45, 2.75) is 58.0 Å². The number of hydrogen-bond acceptors (Lipinski definition) is 6. The highest BCUT2D eigenvalue weighted by atomic mass is 16.7. The lowest BCUT2D eigenvalue weighted by Crippen LogP contribution is -2.38. The molecule has 2 saturated heterocycles. The van der Waals surface area contributed by atoms with Gasteiger partial charge in [-0.2, -0.15) is 0 Å². The van der Waals surface area contributed by atoms with Gasteiger partial charge >= 0.3 is 11.9 Å². The number of carbonyl (C=O) groups excluding carboxylic acids is 3. The Bertz CT molecular complexity index is 818. The Balaban J connectivity index is 1.72. The third kappa shape index (κ3) is 2.24. The molecule has 2 heterocycles. The summed E-state index contributed by atoms with van der Waals surface area (Å²) in [5, 5.41) is 0. The lowest BCUT2D eigenvalue weighted by atomic mass is 9.82. The predicted octanol–water partition coefficient (Wildman–Crippen LogP) is 2.04. The van der Waals surface area contributed by atoms with Gasteiger partial charge in [0.05, 0.1) is 12.0 Å². The second-order valence-electron chi connectivity index (χ2n) is 7.86. The third-order valence-electron chi connectivity index (χ3n) is 6.19. The van der Waals surface area contributed by atoms with Crippen molar-refractivity contribution in [2.24, 2.45) is 11.8 Å². The summed E-state index contributed by atoms with van der Waals surface area (Å²) in [5.74, 6) is -1.78. The number of ketones is 1. The fourth-order valence-corrected chi connectivity index (χ4v) is 4.43. The highest BCUT2D eigenvalue weighted by molar-refractivity contribution is 6.09. The van der Waals surface area contributed by atoms with Gasteiger partial charge < -0.3 is 14.2 Å². The summed E-state index contributed by atoms with van der Waals surface area (Å²) in [5.41, 5.74) is 1.72. The summed E-state index contributed by atoms with van der Waals surface area (Å²) in [6.07, 6.45) is 0.576. The number of carbonyl (C=O) groups is 3. The van der Waals surface area contributed by atoms with Gasteiger partial charge in [0, 0.05) is 23.5 Å². The SMILES string of the molecule is C=C1C(=O)O[C@@H]2[C@H]3C(C)=CC(=O)C3=C(C)C[C@@H](OC(=O)[C@]3(C)O[C@H]3C)[C@@H]12. The van der Waals surface area contributed by atoms with E-state index in [1.54, 1.807) is 13.0 Å². The van der Waals surface area contributed by atoms with Crippen LogP contribution in [0.5, 0.6) is 0 Å². The first kappa shape index (κ1) is 17.2. The molecule has 0 unspecified atom stereocenters. The first-order valence-electron chi connectivity index (χ1n) is 8.86. The number of ether oxygens (including phenoxy) is 3. The Morgan fingerprint density at radius 2 is 2.00 bits per heavy atom. The minimum atomic E-state index is -0.949. The van der Waals surface area contributed by atoms with Crippen molar-refractivity contribution >= 4 is 17.7 Å².